The first kappa shape index (κ1) is 10.3. The molecule has 0 aliphatic carbocycles. The first-order chi connectivity index (χ1) is 6.22. The standard InChI is InChI=1S/C8H10BrNO3/c9-7-5-4-6(12-7)2-1-3-8(11)13-10/h4-5H,1-3,10H2. The Hall–Kier alpha value is -0.810. The second kappa shape index (κ2) is 5.04. The Kier molecular flexibility index (Phi) is 3.98. The van der Waals surface area contributed by atoms with Crippen LogP contribution in [0.3, 0.4) is 0 Å². The molecule has 0 amide bonds. The van der Waals surface area contributed by atoms with Crippen molar-refractivity contribution in [2.24, 2.45) is 5.90 Å². The first-order valence-electron chi connectivity index (χ1n) is 3.86. The summed E-state index contributed by atoms with van der Waals surface area (Å²) < 4.78 is 5.93. The van der Waals surface area contributed by atoms with Crippen LogP contribution >= 0.6 is 15.9 Å². The molecule has 0 aromatic carbocycles. The minimum Gasteiger partial charge on any atom is -0.454 e. The molecule has 0 saturated heterocycles. The van der Waals surface area contributed by atoms with Gasteiger partial charge in [-0.15, -0.1) is 0 Å². The third-order valence-electron chi connectivity index (χ3n) is 1.56. The summed E-state index contributed by atoms with van der Waals surface area (Å²) in [5.41, 5.74) is 0. The molecule has 0 bridgehead atoms. The van der Waals surface area contributed by atoms with E-state index in [1.807, 2.05) is 12.1 Å². The normalized spacial score (nSPS) is 10.0. The van der Waals surface area contributed by atoms with E-state index in [4.69, 9.17) is 4.42 Å². The summed E-state index contributed by atoms with van der Waals surface area (Å²) in [6, 6.07) is 3.68. The number of rotatable bonds is 4. The van der Waals surface area contributed by atoms with Gasteiger partial charge in [0.2, 0.25) is 0 Å². The van der Waals surface area contributed by atoms with E-state index in [0.29, 0.717) is 23.9 Å². The Morgan fingerprint density at radius 3 is 2.92 bits per heavy atom. The average Bonchev–Trinajstić information content (AvgIpc) is 2.51. The number of nitrogens with two attached hydrogens (primary N) is 1. The molecule has 5 heteroatoms. The largest absolute Gasteiger partial charge is 0.454 e. The molecule has 4 nitrogen and oxygen atoms in total. The van der Waals surface area contributed by atoms with Crippen LogP contribution in [0, 0.1) is 0 Å². The summed E-state index contributed by atoms with van der Waals surface area (Å²) in [6.45, 7) is 0. The van der Waals surface area contributed by atoms with Gasteiger partial charge in [0, 0.05) is 12.8 Å². The Labute approximate surface area is 84.1 Å². The molecule has 1 rings (SSSR count). The maximum atomic E-state index is 10.6. The van der Waals surface area contributed by atoms with Gasteiger partial charge in [-0.1, -0.05) is 0 Å². The van der Waals surface area contributed by atoms with Gasteiger partial charge in [-0.05, 0) is 34.5 Å². The van der Waals surface area contributed by atoms with E-state index in [9.17, 15) is 4.79 Å². The summed E-state index contributed by atoms with van der Waals surface area (Å²) in [4.78, 5) is 14.6. The minimum atomic E-state index is -0.398. The molecule has 0 unspecified atom stereocenters. The van der Waals surface area contributed by atoms with Crippen LogP contribution in [0.1, 0.15) is 18.6 Å². The monoisotopic (exact) mass is 247 g/mol. The van der Waals surface area contributed by atoms with Gasteiger partial charge in [0.1, 0.15) is 5.76 Å². The SMILES string of the molecule is NOC(=O)CCCc1ccc(Br)o1. The summed E-state index contributed by atoms with van der Waals surface area (Å²) >= 11 is 3.19. The molecule has 0 spiro atoms. The molecule has 72 valence electrons. The number of aryl methyl sites for hydroxylation is 1. The van der Waals surface area contributed by atoms with Gasteiger partial charge in [0.25, 0.3) is 0 Å². The molecule has 0 aliphatic rings. The summed E-state index contributed by atoms with van der Waals surface area (Å²) in [5, 5.41) is 0. The van der Waals surface area contributed by atoms with Gasteiger partial charge in [0.15, 0.2) is 4.67 Å². The van der Waals surface area contributed by atoms with Crippen LogP contribution in [0.15, 0.2) is 21.2 Å². The lowest BCUT2D eigenvalue weighted by Crippen LogP contribution is -2.09. The van der Waals surface area contributed by atoms with Crippen LogP contribution in [0.25, 0.3) is 0 Å². The second-order valence-electron chi connectivity index (χ2n) is 2.55. The van der Waals surface area contributed by atoms with Gasteiger partial charge >= 0.3 is 5.97 Å². The van der Waals surface area contributed by atoms with Crippen molar-refractivity contribution < 1.29 is 14.0 Å². The number of halogens is 1. The average molecular weight is 248 g/mol. The fourth-order valence-electron chi connectivity index (χ4n) is 0.952. The van der Waals surface area contributed by atoms with E-state index in [0.717, 1.165) is 5.76 Å². The Morgan fingerprint density at radius 1 is 1.62 bits per heavy atom. The van der Waals surface area contributed by atoms with Gasteiger partial charge in [-0.2, -0.15) is 5.90 Å². The minimum absolute atomic E-state index is 0.314. The molecular weight excluding hydrogens is 238 g/mol. The van der Waals surface area contributed by atoms with E-state index in [1.54, 1.807) is 0 Å². The predicted molar refractivity (Wildman–Crippen MR) is 49.6 cm³/mol. The Balaban J connectivity index is 2.24. The topological polar surface area (TPSA) is 65.5 Å². The number of furan rings is 1. The molecule has 1 aromatic rings. The number of hydrogen-bond donors (Lipinski definition) is 1. The maximum absolute atomic E-state index is 10.6. The van der Waals surface area contributed by atoms with E-state index in [2.05, 4.69) is 26.7 Å². The molecule has 1 heterocycles. The highest BCUT2D eigenvalue weighted by atomic mass is 79.9. The van der Waals surface area contributed by atoms with Crippen molar-refractivity contribution in [1.29, 1.82) is 0 Å². The van der Waals surface area contributed by atoms with Crippen molar-refractivity contribution >= 4 is 21.9 Å². The smallest absolute Gasteiger partial charge is 0.324 e. The summed E-state index contributed by atoms with van der Waals surface area (Å²) in [7, 11) is 0. The van der Waals surface area contributed by atoms with Gasteiger partial charge in [0.05, 0.1) is 0 Å². The zero-order valence-corrected chi connectivity index (χ0v) is 8.54. The Morgan fingerprint density at radius 2 is 2.38 bits per heavy atom. The lowest BCUT2D eigenvalue weighted by molar-refractivity contribution is -0.144. The van der Waals surface area contributed by atoms with E-state index < -0.39 is 5.97 Å². The van der Waals surface area contributed by atoms with Crippen LogP contribution in [0.4, 0.5) is 0 Å². The van der Waals surface area contributed by atoms with Crippen LogP contribution in [-0.2, 0) is 16.1 Å². The highest BCUT2D eigenvalue weighted by Gasteiger charge is 2.03. The molecule has 1 aromatic heterocycles. The van der Waals surface area contributed by atoms with E-state index in [1.165, 1.54) is 0 Å². The highest BCUT2D eigenvalue weighted by molar-refractivity contribution is 9.10. The zero-order valence-electron chi connectivity index (χ0n) is 6.96. The van der Waals surface area contributed by atoms with Crippen LogP contribution in [0.5, 0.6) is 0 Å². The quantitative estimate of drug-likeness (QED) is 0.825. The van der Waals surface area contributed by atoms with E-state index >= 15 is 0 Å². The first-order valence-corrected chi connectivity index (χ1v) is 4.65. The summed E-state index contributed by atoms with van der Waals surface area (Å²) in [5.74, 6) is 5.12. The molecule has 0 fully saturated rings. The lowest BCUT2D eigenvalue weighted by atomic mass is 10.2. The van der Waals surface area contributed by atoms with Gasteiger partial charge in [-0.3, -0.25) is 4.79 Å². The van der Waals surface area contributed by atoms with Crippen molar-refractivity contribution in [3.05, 3.63) is 22.6 Å². The molecule has 0 atom stereocenters. The molecule has 13 heavy (non-hydrogen) atoms. The molecule has 0 aliphatic heterocycles. The number of hydrogen-bond acceptors (Lipinski definition) is 4. The summed E-state index contributed by atoms with van der Waals surface area (Å²) in [6.07, 6.45) is 1.70. The predicted octanol–water partition coefficient (Wildman–Crippen LogP) is 1.78. The van der Waals surface area contributed by atoms with Crippen molar-refractivity contribution in [1.82, 2.24) is 0 Å². The molecule has 2 N–H and O–H groups in total. The number of carbonyl (C=O) groups is 1. The molecule has 0 saturated carbocycles. The number of carbonyl (C=O) groups excluding carboxylic acids is 1. The Bertz CT molecular complexity index is 285. The maximum Gasteiger partial charge on any atom is 0.324 e. The fraction of sp³-hybridized carbons (Fsp3) is 0.375. The van der Waals surface area contributed by atoms with Crippen molar-refractivity contribution in [3.63, 3.8) is 0 Å². The molecule has 0 radical (unpaired) electrons. The van der Waals surface area contributed by atoms with E-state index in [-0.39, 0.29) is 0 Å². The van der Waals surface area contributed by atoms with Crippen molar-refractivity contribution in [2.45, 2.75) is 19.3 Å². The third kappa shape index (κ3) is 3.61. The van der Waals surface area contributed by atoms with Crippen LogP contribution < -0.4 is 5.90 Å². The zero-order chi connectivity index (χ0) is 9.68. The fourth-order valence-corrected chi connectivity index (χ4v) is 1.29. The lowest BCUT2D eigenvalue weighted by Gasteiger charge is -1.96. The van der Waals surface area contributed by atoms with Gasteiger partial charge in [-0.25, -0.2) is 0 Å². The highest BCUT2D eigenvalue weighted by Crippen LogP contribution is 2.15. The van der Waals surface area contributed by atoms with Gasteiger partial charge < -0.3 is 9.25 Å². The van der Waals surface area contributed by atoms with Crippen molar-refractivity contribution in [2.75, 3.05) is 0 Å². The second-order valence-corrected chi connectivity index (χ2v) is 3.33. The van der Waals surface area contributed by atoms with Crippen LogP contribution in [0.2, 0.25) is 0 Å². The molecular formula is C8H10BrNO3. The third-order valence-corrected chi connectivity index (χ3v) is 1.99. The van der Waals surface area contributed by atoms with Crippen LogP contribution in [-0.4, -0.2) is 5.97 Å². The van der Waals surface area contributed by atoms with Crippen molar-refractivity contribution in [3.8, 4) is 0 Å².